The van der Waals surface area contributed by atoms with Gasteiger partial charge < -0.3 is 20.0 Å². The number of hydrogen-bond donors (Lipinski definition) is 2. The van der Waals surface area contributed by atoms with Gasteiger partial charge in [0.05, 0.1) is 5.52 Å². The lowest BCUT2D eigenvalue weighted by Gasteiger charge is -2.12. The molecule has 174 valence electrons. The summed E-state index contributed by atoms with van der Waals surface area (Å²) < 4.78 is 6.86. The molecule has 8 nitrogen and oxygen atoms in total. The van der Waals surface area contributed by atoms with Crippen molar-refractivity contribution >= 4 is 34.3 Å². The largest absolute Gasteiger partial charge is 0.419 e. The minimum atomic E-state index is -0.433. The minimum Gasteiger partial charge on any atom is -0.408 e. The first-order valence-corrected chi connectivity index (χ1v) is 10.9. The zero-order chi connectivity index (χ0) is 24.2. The molecule has 0 radical (unpaired) electrons. The zero-order valence-electron chi connectivity index (χ0n) is 19.3. The molecule has 0 spiro atoms. The van der Waals surface area contributed by atoms with Gasteiger partial charge in [0.2, 0.25) is 0 Å². The molecule has 3 aromatic carbocycles. The first kappa shape index (κ1) is 23.0. The molecule has 4 rings (SSSR count). The van der Waals surface area contributed by atoms with Crippen molar-refractivity contribution in [1.29, 1.82) is 0 Å². The van der Waals surface area contributed by atoms with Crippen LogP contribution in [0.1, 0.15) is 26.3 Å². The second-order valence-electron chi connectivity index (χ2n) is 8.31. The van der Waals surface area contributed by atoms with Gasteiger partial charge in [-0.3, -0.25) is 14.2 Å². The number of fused-ring (bicyclic) bond motifs is 1. The molecule has 1 aromatic heterocycles. The van der Waals surface area contributed by atoms with Gasteiger partial charge in [-0.1, -0.05) is 24.3 Å². The van der Waals surface area contributed by atoms with Crippen LogP contribution in [0.15, 0.2) is 75.9 Å². The van der Waals surface area contributed by atoms with E-state index < -0.39 is 5.76 Å². The maximum Gasteiger partial charge on any atom is 0.419 e. The molecule has 0 atom stereocenters. The Balaban J connectivity index is 1.54. The molecule has 0 aliphatic carbocycles. The highest BCUT2D eigenvalue weighted by atomic mass is 16.4. The predicted molar refractivity (Wildman–Crippen MR) is 133 cm³/mol. The number of likely N-dealkylation sites (N-methyl/N-ethyl adjacent to an activating group) is 1. The Kier molecular flexibility index (Phi) is 6.60. The highest BCUT2D eigenvalue weighted by molar-refractivity contribution is 6.08. The van der Waals surface area contributed by atoms with Gasteiger partial charge in [0.25, 0.3) is 11.8 Å². The number of hydrogen-bond acceptors (Lipinski definition) is 5. The second kappa shape index (κ2) is 9.76. The monoisotopic (exact) mass is 458 g/mol. The van der Waals surface area contributed by atoms with Crippen LogP contribution >= 0.6 is 0 Å². The number of oxazole rings is 1. The van der Waals surface area contributed by atoms with Gasteiger partial charge in [-0.2, -0.15) is 0 Å². The van der Waals surface area contributed by atoms with E-state index in [1.54, 1.807) is 65.2 Å². The number of amides is 2. The summed E-state index contributed by atoms with van der Waals surface area (Å²) in [5.74, 6) is -1.01. The Morgan fingerprint density at radius 1 is 0.912 bits per heavy atom. The van der Waals surface area contributed by atoms with Gasteiger partial charge in [0.1, 0.15) is 0 Å². The molecule has 34 heavy (non-hydrogen) atoms. The first-order chi connectivity index (χ1) is 16.3. The maximum atomic E-state index is 13.0. The van der Waals surface area contributed by atoms with Crippen LogP contribution in [0.3, 0.4) is 0 Å². The van der Waals surface area contributed by atoms with Crippen molar-refractivity contribution in [3.63, 3.8) is 0 Å². The normalized spacial score (nSPS) is 11.1. The quantitative estimate of drug-likeness (QED) is 0.437. The summed E-state index contributed by atoms with van der Waals surface area (Å²) >= 11 is 0. The average Bonchev–Trinajstić information content (AvgIpc) is 3.13. The number of rotatable bonds is 7. The van der Waals surface area contributed by atoms with Crippen molar-refractivity contribution in [1.82, 2.24) is 9.47 Å². The van der Waals surface area contributed by atoms with E-state index in [2.05, 4.69) is 10.6 Å². The number of anilines is 2. The maximum absolute atomic E-state index is 13.0. The van der Waals surface area contributed by atoms with E-state index in [0.717, 1.165) is 5.56 Å². The van der Waals surface area contributed by atoms with E-state index in [9.17, 15) is 14.4 Å². The Bertz CT molecular complexity index is 1400. The van der Waals surface area contributed by atoms with E-state index in [4.69, 9.17) is 4.42 Å². The molecule has 8 heteroatoms. The molecule has 0 saturated carbocycles. The van der Waals surface area contributed by atoms with Gasteiger partial charge >= 0.3 is 5.76 Å². The molecule has 0 unspecified atom stereocenters. The summed E-state index contributed by atoms with van der Waals surface area (Å²) in [7, 11) is 3.86. The summed E-state index contributed by atoms with van der Waals surface area (Å²) in [4.78, 5) is 39.7. The number of carbonyl (C=O) groups is 2. The Labute approximate surface area is 196 Å². The molecule has 0 bridgehead atoms. The molecule has 2 N–H and O–H groups in total. The summed E-state index contributed by atoms with van der Waals surface area (Å²) in [5.41, 5.74) is 3.94. The molecule has 0 aliphatic rings. The van der Waals surface area contributed by atoms with Gasteiger partial charge in [-0.15, -0.1) is 0 Å². The van der Waals surface area contributed by atoms with E-state index in [-0.39, 0.29) is 11.8 Å². The topological polar surface area (TPSA) is 96.6 Å². The molecule has 4 aromatic rings. The van der Waals surface area contributed by atoms with Crippen LogP contribution in [0.25, 0.3) is 11.1 Å². The molecule has 0 aliphatic heterocycles. The van der Waals surface area contributed by atoms with E-state index in [1.807, 2.05) is 32.0 Å². The van der Waals surface area contributed by atoms with Crippen LogP contribution < -0.4 is 16.4 Å². The highest BCUT2D eigenvalue weighted by Gasteiger charge is 2.14. The van der Waals surface area contributed by atoms with Gasteiger partial charge in [0.15, 0.2) is 5.58 Å². The number of nitrogens with zero attached hydrogens (tertiary/aromatic N) is 2. The third kappa shape index (κ3) is 5.07. The van der Waals surface area contributed by atoms with Crippen LogP contribution in [0.2, 0.25) is 0 Å². The highest BCUT2D eigenvalue weighted by Crippen LogP contribution is 2.22. The van der Waals surface area contributed by atoms with E-state index in [0.29, 0.717) is 46.7 Å². The van der Waals surface area contributed by atoms with Crippen molar-refractivity contribution in [2.24, 2.45) is 0 Å². The number of nitrogens with one attached hydrogen (secondary N) is 2. The number of carbonyl (C=O) groups excluding carboxylic acids is 2. The summed E-state index contributed by atoms with van der Waals surface area (Å²) in [5, 5.41) is 5.73. The number of aromatic nitrogens is 1. The smallest absolute Gasteiger partial charge is 0.408 e. The number of benzene rings is 3. The van der Waals surface area contributed by atoms with Gasteiger partial charge in [-0.25, -0.2) is 4.79 Å². The lowest BCUT2D eigenvalue weighted by molar-refractivity contribution is 0.101. The summed E-state index contributed by atoms with van der Waals surface area (Å²) in [6.07, 6.45) is 0. The third-order valence-electron chi connectivity index (χ3n) is 5.48. The van der Waals surface area contributed by atoms with Crippen molar-refractivity contribution in [3.8, 4) is 0 Å². The number of aryl methyl sites for hydroxylation is 1. The molecule has 2 amide bonds. The van der Waals surface area contributed by atoms with Crippen molar-refractivity contribution in [2.45, 2.75) is 13.5 Å². The third-order valence-corrected chi connectivity index (χ3v) is 5.48. The second-order valence-corrected chi connectivity index (χ2v) is 8.31. The SMILES string of the molecule is Cc1ccc(C(=O)Nc2ccc3oc(=O)n(CCN(C)C)c3c2)cc1NC(=O)c1ccccc1. The molecule has 0 saturated heterocycles. The van der Waals surface area contributed by atoms with Crippen LogP contribution in [0, 0.1) is 6.92 Å². The van der Waals surface area contributed by atoms with E-state index >= 15 is 0 Å². The molecular formula is C26H26N4O4. The zero-order valence-corrected chi connectivity index (χ0v) is 19.3. The lowest BCUT2D eigenvalue weighted by atomic mass is 10.1. The fraction of sp³-hybridized carbons (Fsp3) is 0.192. The molecular weight excluding hydrogens is 432 g/mol. The van der Waals surface area contributed by atoms with Gasteiger partial charge in [0, 0.05) is 35.6 Å². The van der Waals surface area contributed by atoms with Crippen LogP contribution in [-0.4, -0.2) is 41.9 Å². The fourth-order valence-corrected chi connectivity index (χ4v) is 3.54. The van der Waals surface area contributed by atoms with Crippen molar-refractivity contribution in [3.05, 3.63) is 94.0 Å². The first-order valence-electron chi connectivity index (χ1n) is 10.9. The summed E-state index contributed by atoms with van der Waals surface area (Å²) in [6, 6.07) is 19.1. The molecule has 1 heterocycles. The Morgan fingerprint density at radius 2 is 1.65 bits per heavy atom. The van der Waals surface area contributed by atoms with Crippen LogP contribution in [0.4, 0.5) is 11.4 Å². The predicted octanol–water partition coefficient (Wildman–Crippen LogP) is 3.97. The lowest BCUT2D eigenvalue weighted by Crippen LogP contribution is -2.23. The molecule has 0 fully saturated rings. The van der Waals surface area contributed by atoms with Crippen molar-refractivity contribution < 1.29 is 14.0 Å². The average molecular weight is 459 g/mol. The Morgan fingerprint density at radius 3 is 2.38 bits per heavy atom. The standard InChI is InChI=1S/C26H26N4O4/c1-17-9-10-19(15-21(17)28-24(31)18-7-5-4-6-8-18)25(32)27-20-11-12-23-22(16-20)30(26(33)34-23)14-13-29(2)3/h4-12,15-16H,13-14H2,1-3H3,(H,27,32)(H,28,31). The summed E-state index contributed by atoms with van der Waals surface area (Å²) in [6.45, 7) is 3.01. The van der Waals surface area contributed by atoms with Gasteiger partial charge in [-0.05, 0) is 69.0 Å². The minimum absolute atomic E-state index is 0.248. The Hall–Kier alpha value is -4.17. The van der Waals surface area contributed by atoms with E-state index in [1.165, 1.54) is 0 Å². The fourth-order valence-electron chi connectivity index (χ4n) is 3.54. The van der Waals surface area contributed by atoms with Crippen LogP contribution in [-0.2, 0) is 6.54 Å². The van der Waals surface area contributed by atoms with Crippen molar-refractivity contribution in [2.75, 3.05) is 31.3 Å². The van der Waals surface area contributed by atoms with Crippen LogP contribution in [0.5, 0.6) is 0 Å².